The molecular formula is C11H11FN2. The van der Waals surface area contributed by atoms with Crippen molar-refractivity contribution >= 4 is 16.6 Å². The van der Waals surface area contributed by atoms with Crippen LogP contribution in [0, 0.1) is 5.82 Å². The van der Waals surface area contributed by atoms with Crippen LogP contribution in [-0.2, 0) is 0 Å². The lowest BCUT2D eigenvalue weighted by molar-refractivity contribution is 0.637. The highest BCUT2D eigenvalue weighted by atomic mass is 19.1. The van der Waals surface area contributed by atoms with Gasteiger partial charge in [-0.2, -0.15) is 0 Å². The van der Waals surface area contributed by atoms with Gasteiger partial charge in [-0.3, -0.25) is 4.98 Å². The molecule has 0 bridgehead atoms. The third kappa shape index (κ3) is 1.41. The second kappa shape index (κ2) is 3.62. The molecule has 1 heterocycles. The Bertz CT molecular complexity index is 454. The van der Waals surface area contributed by atoms with Crippen molar-refractivity contribution in [2.24, 2.45) is 0 Å². The van der Waals surface area contributed by atoms with Crippen molar-refractivity contribution in [2.45, 2.75) is 6.92 Å². The molecule has 0 aliphatic carbocycles. The van der Waals surface area contributed by atoms with E-state index >= 15 is 0 Å². The first-order chi connectivity index (χ1) is 6.83. The molecule has 1 aromatic carbocycles. The number of halogens is 1. The van der Waals surface area contributed by atoms with Crippen LogP contribution >= 0.6 is 0 Å². The lowest BCUT2D eigenvalue weighted by Gasteiger charge is -2.06. The minimum absolute atomic E-state index is 0.276. The molecule has 0 aliphatic heterocycles. The number of pyridine rings is 1. The molecule has 0 aliphatic rings. The Kier molecular flexibility index (Phi) is 2.31. The van der Waals surface area contributed by atoms with Crippen LogP contribution in [0.2, 0.25) is 0 Å². The van der Waals surface area contributed by atoms with E-state index in [1.165, 1.54) is 6.07 Å². The molecular weight excluding hydrogens is 179 g/mol. The molecule has 0 radical (unpaired) electrons. The molecule has 0 saturated carbocycles. The van der Waals surface area contributed by atoms with Crippen molar-refractivity contribution in [1.29, 1.82) is 0 Å². The normalized spacial score (nSPS) is 10.4. The number of nitrogens with zero attached hydrogens (tertiary/aromatic N) is 1. The molecule has 2 nitrogen and oxygen atoms in total. The van der Waals surface area contributed by atoms with Crippen LogP contribution in [0.1, 0.15) is 6.92 Å². The van der Waals surface area contributed by atoms with E-state index in [2.05, 4.69) is 10.3 Å². The molecule has 2 aromatic rings. The largest absolute Gasteiger partial charge is 0.385 e. The first kappa shape index (κ1) is 8.94. The number of benzene rings is 1. The van der Waals surface area contributed by atoms with Gasteiger partial charge in [0.1, 0.15) is 11.3 Å². The summed E-state index contributed by atoms with van der Waals surface area (Å²) in [6.07, 6.45) is 1.61. The van der Waals surface area contributed by atoms with Crippen LogP contribution in [0.25, 0.3) is 10.9 Å². The van der Waals surface area contributed by atoms with Crippen LogP contribution in [0.3, 0.4) is 0 Å². The molecule has 0 saturated heterocycles. The van der Waals surface area contributed by atoms with Gasteiger partial charge in [0.05, 0.1) is 0 Å². The molecule has 72 valence electrons. The fourth-order valence-corrected chi connectivity index (χ4v) is 1.48. The third-order valence-electron chi connectivity index (χ3n) is 2.09. The summed E-state index contributed by atoms with van der Waals surface area (Å²) in [5.74, 6) is -0.276. The van der Waals surface area contributed by atoms with Gasteiger partial charge in [0.2, 0.25) is 0 Å². The van der Waals surface area contributed by atoms with E-state index < -0.39 is 0 Å². The molecule has 1 N–H and O–H groups in total. The quantitative estimate of drug-likeness (QED) is 0.787. The van der Waals surface area contributed by atoms with E-state index in [-0.39, 0.29) is 5.82 Å². The Morgan fingerprint density at radius 2 is 2.21 bits per heavy atom. The number of fused-ring (bicyclic) bond motifs is 1. The van der Waals surface area contributed by atoms with E-state index in [0.717, 1.165) is 17.6 Å². The van der Waals surface area contributed by atoms with Crippen molar-refractivity contribution < 1.29 is 4.39 Å². The zero-order valence-electron chi connectivity index (χ0n) is 7.92. The Morgan fingerprint density at radius 3 is 3.00 bits per heavy atom. The summed E-state index contributed by atoms with van der Waals surface area (Å²) in [7, 11) is 0. The van der Waals surface area contributed by atoms with E-state index in [4.69, 9.17) is 0 Å². The molecule has 0 atom stereocenters. The van der Waals surface area contributed by atoms with Gasteiger partial charge in [-0.1, -0.05) is 12.1 Å². The number of hydrogen-bond acceptors (Lipinski definition) is 2. The van der Waals surface area contributed by atoms with Crippen LogP contribution in [-0.4, -0.2) is 11.5 Å². The summed E-state index contributed by atoms with van der Waals surface area (Å²) in [6, 6.07) is 6.83. The molecule has 0 unspecified atom stereocenters. The molecule has 0 amide bonds. The number of nitrogens with one attached hydrogen (secondary N) is 1. The predicted molar refractivity (Wildman–Crippen MR) is 55.9 cm³/mol. The Balaban J connectivity index is 2.68. The average molecular weight is 190 g/mol. The van der Waals surface area contributed by atoms with Gasteiger partial charge in [-0.15, -0.1) is 0 Å². The number of para-hydroxylation sites is 1. The number of hydrogen-bond donors (Lipinski definition) is 1. The van der Waals surface area contributed by atoms with Crippen molar-refractivity contribution in [3.05, 3.63) is 36.3 Å². The second-order valence-corrected chi connectivity index (χ2v) is 3.02. The molecule has 3 heteroatoms. The highest BCUT2D eigenvalue weighted by molar-refractivity contribution is 5.91. The Labute approximate surface area is 81.8 Å². The maximum Gasteiger partial charge on any atom is 0.149 e. The van der Waals surface area contributed by atoms with Crippen LogP contribution < -0.4 is 5.32 Å². The number of rotatable bonds is 2. The number of anilines is 1. The number of aromatic nitrogens is 1. The van der Waals surface area contributed by atoms with Gasteiger partial charge in [0.15, 0.2) is 0 Å². The van der Waals surface area contributed by atoms with E-state index in [1.54, 1.807) is 12.3 Å². The van der Waals surface area contributed by atoms with Crippen LogP contribution in [0.15, 0.2) is 30.5 Å². The van der Waals surface area contributed by atoms with Gasteiger partial charge in [-0.25, -0.2) is 4.39 Å². The van der Waals surface area contributed by atoms with E-state index in [1.807, 2.05) is 19.1 Å². The van der Waals surface area contributed by atoms with Gasteiger partial charge in [-0.05, 0) is 19.1 Å². The van der Waals surface area contributed by atoms with Crippen LogP contribution in [0.5, 0.6) is 0 Å². The first-order valence-corrected chi connectivity index (χ1v) is 4.60. The summed E-state index contributed by atoms with van der Waals surface area (Å²) in [5, 5.41) is 4.00. The lowest BCUT2D eigenvalue weighted by atomic mass is 10.2. The smallest absolute Gasteiger partial charge is 0.149 e. The summed E-state index contributed by atoms with van der Waals surface area (Å²) in [5.41, 5.74) is 1.35. The van der Waals surface area contributed by atoms with Gasteiger partial charge in [0.25, 0.3) is 0 Å². The van der Waals surface area contributed by atoms with Gasteiger partial charge < -0.3 is 5.32 Å². The summed E-state index contributed by atoms with van der Waals surface area (Å²) >= 11 is 0. The third-order valence-corrected chi connectivity index (χ3v) is 2.09. The molecule has 14 heavy (non-hydrogen) atoms. The van der Waals surface area contributed by atoms with Crippen LogP contribution in [0.4, 0.5) is 10.1 Å². The SMILES string of the molecule is CCNc1ccnc2c(F)cccc12. The zero-order valence-corrected chi connectivity index (χ0v) is 7.92. The maximum atomic E-state index is 13.3. The maximum absolute atomic E-state index is 13.3. The zero-order chi connectivity index (χ0) is 9.97. The fraction of sp³-hybridized carbons (Fsp3) is 0.182. The van der Waals surface area contributed by atoms with Crippen molar-refractivity contribution in [1.82, 2.24) is 4.98 Å². The summed E-state index contributed by atoms with van der Waals surface area (Å²) < 4.78 is 13.3. The first-order valence-electron chi connectivity index (χ1n) is 4.60. The standard InChI is InChI=1S/C11H11FN2/c1-2-13-10-6-7-14-11-8(10)4-3-5-9(11)12/h3-7H,2H2,1H3,(H,13,14). The molecule has 0 spiro atoms. The molecule has 2 rings (SSSR count). The van der Waals surface area contributed by atoms with Crippen molar-refractivity contribution in [3.63, 3.8) is 0 Å². The fourth-order valence-electron chi connectivity index (χ4n) is 1.48. The van der Waals surface area contributed by atoms with E-state index in [0.29, 0.717) is 5.52 Å². The summed E-state index contributed by atoms with van der Waals surface area (Å²) in [6.45, 7) is 2.82. The Hall–Kier alpha value is -1.64. The van der Waals surface area contributed by atoms with Crippen molar-refractivity contribution in [3.8, 4) is 0 Å². The van der Waals surface area contributed by atoms with Gasteiger partial charge in [0, 0.05) is 23.8 Å². The minimum atomic E-state index is -0.276. The summed E-state index contributed by atoms with van der Waals surface area (Å²) in [4.78, 5) is 4.01. The highest BCUT2D eigenvalue weighted by Gasteiger charge is 2.04. The minimum Gasteiger partial charge on any atom is -0.385 e. The van der Waals surface area contributed by atoms with Gasteiger partial charge >= 0.3 is 0 Å². The Morgan fingerprint density at radius 1 is 1.36 bits per heavy atom. The highest BCUT2D eigenvalue weighted by Crippen LogP contribution is 2.22. The van der Waals surface area contributed by atoms with Crippen molar-refractivity contribution in [2.75, 3.05) is 11.9 Å². The monoisotopic (exact) mass is 190 g/mol. The lowest BCUT2D eigenvalue weighted by Crippen LogP contribution is -1.98. The van der Waals surface area contributed by atoms with E-state index in [9.17, 15) is 4.39 Å². The predicted octanol–water partition coefficient (Wildman–Crippen LogP) is 2.81. The molecule has 1 aromatic heterocycles. The average Bonchev–Trinajstić information content (AvgIpc) is 2.20. The second-order valence-electron chi connectivity index (χ2n) is 3.02. The topological polar surface area (TPSA) is 24.9 Å². The molecule has 0 fully saturated rings.